The van der Waals surface area contributed by atoms with Gasteiger partial charge in [0, 0.05) is 19.5 Å². The summed E-state index contributed by atoms with van der Waals surface area (Å²) in [5, 5.41) is 14.3. The first-order chi connectivity index (χ1) is 22.7. The van der Waals surface area contributed by atoms with Crippen LogP contribution < -0.4 is 31.3 Å². The number of benzene rings is 2. The number of ether oxygens (including phenoxy) is 1. The van der Waals surface area contributed by atoms with Gasteiger partial charge in [-0.15, -0.1) is 0 Å². The maximum Gasteiger partial charge on any atom is 0.255 e. The number of hydrogen-bond donors (Lipinski definition) is 5. The first-order valence-corrected chi connectivity index (χ1v) is 16.6. The highest BCUT2D eigenvalue weighted by Crippen LogP contribution is 2.30. The Morgan fingerprint density at radius 3 is 2.40 bits per heavy atom. The summed E-state index contributed by atoms with van der Waals surface area (Å²) < 4.78 is 5.90. The van der Waals surface area contributed by atoms with E-state index in [9.17, 15) is 24.0 Å². The number of carbonyl (C=O) groups excluding carboxylic acids is 5. The fraction of sp³-hybridized carbons (Fsp3) is 0.514. The van der Waals surface area contributed by atoms with E-state index in [1.54, 1.807) is 24.3 Å². The largest absolute Gasteiger partial charge is 0.493 e. The van der Waals surface area contributed by atoms with Crippen molar-refractivity contribution in [3.8, 4) is 5.75 Å². The number of fused-ring (bicyclic) bond motifs is 1. The van der Waals surface area contributed by atoms with Crippen molar-refractivity contribution in [1.29, 1.82) is 0 Å². The number of unbranched alkanes of at least 4 members (excludes halogenated alkanes) is 1. The number of nitrogens with zero attached hydrogens (tertiary/aromatic N) is 1. The molecule has 2 aromatic carbocycles. The minimum absolute atomic E-state index is 0.211. The number of nitrogens with one attached hydrogen (secondary N) is 5. The van der Waals surface area contributed by atoms with E-state index in [0.29, 0.717) is 44.4 Å². The van der Waals surface area contributed by atoms with Crippen LogP contribution in [0, 0.1) is 0 Å². The van der Waals surface area contributed by atoms with Gasteiger partial charge in [0.25, 0.3) is 5.91 Å². The second-order valence-corrected chi connectivity index (χ2v) is 12.6. The van der Waals surface area contributed by atoms with E-state index in [1.165, 1.54) is 0 Å². The summed E-state index contributed by atoms with van der Waals surface area (Å²) >= 11 is 0. The van der Waals surface area contributed by atoms with Gasteiger partial charge in [0.1, 0.15) is 23.4 Å². The van der Waals surface area contributed by atoms with Crippen molar-refractivity contribution in [2.75, 3.05) is 40.3 Å². The van der Waals surface area contributed by atoms with Crippen LogP contribution in [0.1, 0.15) is 67.3 Å². The molecule has 1 saturated carbocycles. The normalized spacial score (nSPS) is 20.9. The Bertz CT molecular complexity index is 1380. The zero-order valence-electron chi connectivity index (χ0n) is 27.4. The SMILES string of the molecule is CN(C)CCCCNC(=O)[C@@H]1CC(=O)NC2(CCCC2)C(=O)N[C@@H](Cc2ccccc2)C(=O)NCCCOc2ccccc2C(=O)N1. The fourth-order valence-corrected chi connectivity index (χ4v) is 5.95. The van der Waals surface area contributed by atoms with Crippen LogP contribution in [-0.2, 0) is 25.6 Å². The van der Waals surface area contributed by atoms with Crippen LogP contribution in [0.3, 0.4) is 0 Å². The molecular formula is C35H48N6O6. The van der Waals surface area contributed by atoms with Gasteiger partial charge in [-0.25, -0.2) is 0 Å². The summed E-state index contributed by atoms with van der Waals surface area (Å²) in [4.78, 5) is 69.8. The number of para-hydroxylation sites is 1. The number of amides is 5. The predicted molar refractivity (Wildman–Crippen MR) is 178 cm³/mol. The molecule has 0 radical (unpaired) electrons. The van der Waals surface area contributed by atoms with E-state index in [1.807, 2.05) is 44.4 Å². The standard InChI is InChI=1S/C35H48N6O6/c1-41(2)21-11-10-19-36-33(45)28-24-30(42)40-35(17-8-9-18-35)34(46)39-27(23-25-13-4-3-5-14-25)32(44)37-20-12-22-47-29-16-7-6-15-26(29)31(43)38-28/h3-7,13-16,27-28H,8-12,17-24H2,1-2H3,(H,36,45)(H,37,44)(H,38,43)(H,39,46)(H,40,42)/t27-,28-/m0/s1. The van der Waals surface area contributed by atoms with Crippen LogP contribution in [0.5, 0.6) is 5.75 Å². The van der Waals surface area contributed by atoms with Crippen molar-refractivity contribution in [2.24, 2.45) is 0 Å². The quantitative estimate of drug-likeness (QED) is 0.273. The molecule has 12 heteroatoms. The summed E-state index contributed by atoms with van der Waals surface area (Å²) in [7, 11) is 3.96. The Balaban J connectivity index is 1.58. The van der Waals surface area contributed by atoms with Gasteiger partial charge in [-0.3, -0.25) is 24.0 Å². The van der Waals surface area contributed by atoms with E-state index in [2.05, 4.69) is 31.5 Å². The Morgan fingerprint density at radius 1 is 0.936 bits per heavy atom. The fourth-order valence-electron chi connectivity index (χ4n) is 5.95. The minimum atomic E-state index is -1.24. The van der Waals surface area contributed by atoms with E-state index in [4.69, 9.17) is 4.74 Å². The molecule has 5 amide bonds. The number of rotatable bonds is 8. The third-order valence-corrected chi connectivity index (χ3v) is 8.53. The Labute approximate surface area is 276 Å². The van der Waals surface area contributed by atoms with Crippen LogP contribution in [0.4, 0.5) is 0 Å². The van der Waals surface area contributed by atoms with Crippen molar-refractivity contribution in [3.05, 3.63) is 65.7 Å². The molecule has 1 heterocycles. The van der Waals surface area contributed by atoms with Crippen LogP contribution in [0.2, 0.25) is 0 Å². The highest BCUT2D eigenvalue weighted by atomic mass is 16.5. The number of carbonyl (C=O) groups is 5. The van der Waals surface area contributed by atoms with E-state index >= 15 is 0 Å². The Hall–Kier alpha value is -4.45. The molecule has 2 aliphatic rings. The van der Waals surface area contributed by atoms with E-state index in [-0.39, 0.29) is 37.5 Å². The highest BCUT2D eigenvalue weighted by Gasteiger charge is 2.44. The predicted octanol–water partition coefficient (Wildman–Crippen LogP) is 1.69. The zero-order chi connectivity index (χ0) is 33.6. The summed E-state index contributed by atoms with van der Waals surface area (Å²) in [5.41, 5.74) is -0.141. The van der Waals surface area contributed by atoms with Crippen LogP contribution in [0.25, 0.3) is 0 Å². The molecule has 2 atom stereocenters. The van der Waals surface area contributed by atoms with Crippen LogP contribution in [0.15, 0.2) is 54.6 Å². The van der Waals surface area contributed by atoms with Crippen molar-refractivity contribution >= 4 is 29.5 Å². The van der Waals surface area contributed by atoms with E-state index < -0.39 is 41.3 Å². The second-order valence-electron chi connectivity index (χ2n) is 12.6. The lowest BCUT2D eigenvalue weighted by Crippen LogP contribution is -2.62. The molecule has 1 fully saturated rings. The van der Waals surface area contributed by atoms with Gasteiger partial charge in [0.05, 0.1) is 18.6 Å². The molecule has 0 unspecified atom stereocenters. The zero-order valence-corrected chi connectivity index (χ0v) is 27.4. The van der Waals surface area contributed by atoms with Crippen molar-refractivity contribution in [3.63, 3.8) is 0 Å². The molecule has 0 bridgehead atoms. The first kappa shape index (κ1) is 35.4. The molecule has 47 heavy (non-hydrogen) atoms. The van der Waals surface area contributed by atoms with Gasteiger partial charge in [-0.05, 0) is 70.4 Å². The second kappa shape index (κ2) is 17.5. The summed E-state index contributed by atoms with van der Waals surface area (Å²) in [6.45, 7) is 1.75. The maximum atomic E-state index is 13.9. The molecular weight excluding hydrogens is 600 g/mol. The number of hydrogen-bond acceptors (Lipinski definition) is 7. The molecule has 1 aliphatic carbocycles. The molecule has 0 aromatic heterocycles. The summed E-state index contributed by atoms with van der Waals surface area (Å²) in [6, 6.07) is 14.0. The van der Waals surface area contributed by atoms with Gasteiger partial charge >= 0.3 is 0 Å². The molecule has 1 spiro atoms. The average Bonchev–Trinajstić information content (AvgIpc) is 3.53. The molecule has 254 valence electrons. The minimum Gasteiger partial charge on any atom is -0.493 e. The molecule has 12 nitrogen and oxygen atoms in total. The van der Waals surface area contributed by atoms with Gasteiger partial charge < -0.3 is 36.2 Å². The van der Waals surface area contributed by atoms with Crippen molar-refractivity contribution < 1.29 is 28.7 Å². The highest BCUT2D eigenvalue weighted by molar-refractivity contribution is 6.01. The van der Waals surface area contributed by atoms with E-state index in [0.717, 1.165) is 24.9 Å². The average molecular weight is 649 g/mol. The third-order valence-electron chi connectivity index (χ3n) is 8.53. The summed E-state index contributed by atoms with van der Waals surface area (Å²) in [5.74, 6) is -2.06. The molecule has 2 aromatic rings. The lowest BCUT2D eigenvalue weighted by molar-refractivity contribution is -0.136. The monoisotopic (exact) mass is 648 g/mol. The van der Waals surface area contributed by atoms with Gasteiger partial charge in [0.15, 0.2) is 0 Å². The van der Waals surface area contributed by atoms with Crippen molar-refractivity contribution in [2.45, 2.75) is 75.4 Å². The molecule has 4 rings (SSSR count). The lowest BCUT2D eigenvalue weighted by Gasteiger charge is -2.32. The maximum absolute atomic E-state index is 13.9. The Kier molecular flexibility index (Phi) is 13.2. The van der Waals surface area contributed by atoms with Crippen molar-refractivity contribution in [1.82, 2.24) is 31.5 Å². The van der Waals surface area contributed by atoms with Crippen LogP contribution in [-0.4, -0.2) is 92.4 Å². The Morgan fingerprint density at radius 2 is 1.66 bits per heavy atom. The topological polar surface area (TPSA) is 158 Å². The molecule has 5 N–H and O–H groups in total. The van der Waals surface area contributed by atoms with Gasteiger partial charge in [0.2, 0.25) is 23.6 Å². The lowest BCUT2D eigenvalue weighted by atomic mass is 9.94. The first-order valence-electron chi connectivity index (χ1n) is 16.6. The van der Waals surface area contributed by atoms with Crippen LogP contribution >= 0.6 is 0 Å². The van der Waals surface area contributed by atoms with Gasteiger partial charge in [-0.2, -0.15) is 0 Å². The smallest absolute Gasteiger partial charge is 0.255 e. The molecule has 0 saturated heterocycles. The van der Waals surface area contributed by atoms with Gasteiger partial charge in [-0.1, -0.05) is 55.3 Å². The third kappa shape index (κ3) is 10.5. The summed E-state index contributed by atoms with van der Waals surface area (Å²) in [6.07, 6.45) is 4.17. The molecule has 1 aliphatic heterocycles.